The number of nitrogens with zero attached hydrogens (tertiary/aromatic N) is 1. The van der Waals surface area contributed by atoms with Crippen molar-refractivity contribution in [2.24, 2.45) is 0 Å². The van der Waals surface area contributed by atoms with E-state index in [1.165, 1.54) is 36.4 Å². The fourth-order valence-electron chi connectivity index (χ4n) is 3.29. The molecule has 0 atom stereocenters. The van der Waals surface area contributed by atoms with E-state index in [4.69, 9.17) is 9.47 Å². The predicted molar refractivity (Wildman–Crippen MR) is 117 cm³/mol. The summed E-state index contributed by atoms with van der Waals surface area (Å²) in [6, 6.07) is 7.71. The smallest absolute Gasteiger partial charge is 0.431 e. The number of hydrogen-bond acceptors (Lipinski definition) is 8. The van der Waals surface area contributed by atoms with E-state index < -0.39 is 22.1 Å². The third kappa shape index (κ3) is 6.75. The van der Waals surface area contributed by atoms with E-state index >= 15 is 0 Å². The molecule has 1 aliphatic carbocycles. The molecule has 2 amide bonds. The van der Waals surface area contributed by atoms with Gasteiger partial charge in [-0.2, -0.15) is 0 Å². The average Bonchev–Trinajstić information content (AvgIpc) is 2.80. The predicted octanol–water partition coefficient (Wildman–Crippen LogP) is 2.80. The number of sulfonamides is 1. The van der Waals surface area contributed by atoms with Crippen LogP contribution in [0.4, 0.5) is 4.79 Å². The molecule has 3 rings (SSSR count). The molecule has 0 unspecified atom stereocenters. The van der Waals surface area contributed by atoms with Gasteiger partial charge in [0.05, 0.1) is 10.5 Å². The summed E-state index contributed by atoms with van der Waals surface area (Å²) in [6.07, 6.45) is 4.77. The van der Waals surface area contributed by atoms with Gasteiger partial charge in [-0.05, 0) is 62.9 Å². The van der Waals surface area contributed by atoms with E-state index in [1.54, 1.807) is 6.92 Å². The summed E-state index contributed by atoms with van der Waals surface area (Å²) in [5.41, 5.74) is 0.245. The molecule has 1 fully saturated rings. The minimum absolute atomic E-state index is 0.0504. The first-order valence-electron chi connectivity index (χ1n) is 10.6. The molecule has 1 aromatic heterocycles. The van der Waals surface area contributed by atoms with Crippen LogP contribution < -0.4 is 14.8 Å². The molecule has 0 radical (unpaired) electrons. The fraction of sp³-hybridized carbons (Fsp3) is 0.364. The molecule has 1 heterocycles. The van der Waals surface area contributed by atoms with E-state index in [1.807, 2.05) is 4.72 Å². The standard InChI is InChI=1S/C22H25N3O7S/c1-2-23-20(26)15-8-11-18(12-9-15)33(29,30)25-21(27)16-10-13-19(24-14-16)32-22(28)31-17-6-4-3-5-7-17/h8-14,17H,2-7H2,1H3,(H,23,26)(H,25,27). The van der Waals surface area contributed by atoms with Crippen LogP contribution in [0, 0.1) is 0 Å². The fourth-order valence-corrected chi connectivity index (χ4v) is 4.27. The van der Waals surface area contributed by atoms with Crippen molar-refractivity contribution in [3.05, 3.63) is 53.7 Å². The summed E-state index contributed by atoms with van der Waals surface area (Å²) in [4.78, 5) is 39.7. The SMILES string of the molecule is CCNC(=O)c1ccc(S(=O)(=O)NC(=O)c2ccc(OC(=O)OC3CCCCC3)nc2)cc1. The van der Waals surface area contributed by atoms with Crippen LogP contribution >= 0.6 is 0 Å². The molecule has 0 aliphatic heterocycles. The van der Waals surface area contributed by atoms with E-state index in [2.05, 4.69) is 10.3 Å². The Balaban J connectivity index is 1.58. The molecule has 10 nitrogen and oxygen atoms in total. The van der Waals surface area contributed by atoms with Crippen molar-refractivity contribution in [3.63, 3.8) is 0 Å². The number of aromatic nitrogens is 1. The molecule has 0 saturated heterocycles. The first-order valence-corrected chi connectivity index (χ1v) is 12.1. The summed E-state index contributed by atoms with van der Waals surface area (Å²) < 4.78 is 37.2. The Morgan fingerprint density at radius 1 is 0.970 bits per heavy atom. The largest absolute Gasteiger partial charge is 0.515 e. The van der Waals surface area contributed by atoms with Crippen molar-refractivity contribution >= 4 is 28.0 Å². The van der Waals surface area contributed by atoms with Gasteiger partial charge in [-0.25, -0.2) is 22.9 Å². The van der Waals surface area contributed by atoms with E-state index in [-0.39, 0.29) is 28.4 Å². The first kappa shape index (κ1) is 24.2. The second kappa shape index (κ2) is 10.9. The molecule has 33 heavy (non-hydrogen) atoms. The number of benzene rings is 1. The molecule has 11 heteroatoms. The maximum absolute atomic E-state index is 12.5. The zero-order chi connectivity index (χ0) is 23.8. The zero-order valence-corrected chi connectivity index (χ0v) is 18.9. The lowest BCUT2D eigenvalue weighted by Gasteiger charge is -2.20. The number of amides is 2. The molecule has 1 aromatic carbocycles. The molecule has 2 N–H and O–H groups in total. The average molecular weight is 476 g/mol. The van der Waals surface area contributed by atoms with Crippen molar-refractivity contribution in [3.8, 4) is 5.88 Å². The van der Waals surface area contributed by atoms with Crippen molar-refractivity contribution in [2.45, 2.75) is 50.0 Å². The van der Waals surface area contributed by atoms with Crippen LogP contribution in [0.5, 0.6) is 5.88 Å². The van der Waals surface area contributed by atoms with Crippen molar-refractivity contribution < 1.29 is 32.3 Å². The Hall–Kier alpha value is -3.47. The number of hydrogen-bond donors (Lipinski definition) is 2. The minimum Gasteiger partial charge on any atom is -0.431 e. The maximum atomic E-state index is 12.5. The van der Waals surface area contributed by atoms with Crippen LogP contribution in [-0.4, -0.2) is 44.0 Å². The number of nitrogens with one attached hydrogen (secondary N) is 2. The van der Waals surface area contributed by atoms with Gasteiger partial charge in [0.1, 0.15) is 6.10 Å². The summed E-state index contributed by atoms with van der Waals surface area (Å²) in [5.74, 6) is -1.32. The van der Waals surface area contributed by atoms with E-state index in [0.29, 0.717) is 12.1 Å². The Kier molecular flexibility index (Phi) is 7.99. The van der Waals surface area contributed by atoms with Crippen LogP contribution in [0.25, 0.3) is 0 Å². The highest BCUT2D eigenvalue weighted by Gasteiger charge is 2.21. The first-order chi connectivity index (χ1) is 15.8. The van der Waals surface area contributed by atoms with Gasteiger partial charge >= 0.3 is 6.16 Å². The quantitative estimate of drug-likeness (QED) is 0.583. The second-order valence-corrected chi connectivity index (χ2v) is 9.12. The van der Waals surface area contributed by atoms with Gasteiger partial charge < -0.3 is 14.8 Å². The number of pyridine rings is 1. The van der Waals surface area contributed by atoms with Crippen LogP contribution in [0.1, 0.15) is 59.7 Å². The van der Waals surface area contributed by atoms with Gasteiger partial charge in [0.2, 0.25) is 5.88 Å². The molecular formula is C22H25N3O7S. The van der Waals surface area contributed by atoms with Gasteiger partial charge in [-0.15, -0.1) is 0 Å². The van der Waals surface area contributed by atoms with Crippen LogP contribution in [0.3, 0.4) is 0 Å². The van der Waals surface area contributed by atoms with Gasteiger partial charge in [0, 0.05) is 24.4 Å². The highest BCUT2D eigenvalue weighted by atomic mass is 32.2. The van der Waals surface area contributed by atoms with Crippen LogP contribution in [0.15, 0.2) is 47.5 Å². The summed E-state index contributed by atoms with van der Waals surface area (Å²) >= 11 is 0. The maximum Gasteiger partial charge on any atom is 0.515 e. The van der Waals surface area contributed by atoms with Crippen molar-refractivity contribution in [1.29, 1.82) is 0 Å². The Bertz CT molecular complexity index is 1090. The van der Waals surface area contributed by atoms with Crippen LogP contribution in [0.2, 0.25) is 0 Å². The van der Waals surface area contributed by atoms with Gasteiger partial charge in [0.25, 0.3) is 21.8 Å². The van der Waals surface area contributed by atoms with Gasteiger partial charge in [0.15, 0.2) is 0 Å². The molecule has 1 saturated carbocycles. The summed E-state index contributed by atoms with van der Waals surface area (Å²) in [7, 11) is -4.17. The lowest BCUT2D eigenvalue weighted by atomic mass is 9.98. The highest BCUT2D eigenvalue weighted by molar-refractivity contribution is 7.90. The number of rotatable bonds is 7. The number of ether oxygens (including phenoxy) is 2. The topological polar surface area (TPSA) is 141 Å². The Morgan fingerprint density at radius 2 is 1.64 bits per heavy atom. The molecular weight excluding hydrogens is 450 g/mol. The third-order valence-corrected chi connectivity index (χ3v) is 6.34. The van der Waals surface area contributed by atoms with Gasteiger partial charge in [-0.1, -0.05) is 6.42 Å². The molecule has 176 valence electrons. The lowest BCUT2D eigenvalue weighted by molar-refractivity contribution is 0.0407. The third-order valence-electron chi connectivity index (χ3n) is 4.99. The minimum atomic E-state index is -4.17. The van der Waals surface area contributed by atoms with E-state index in [0.717, 1.165) is 38.3 Å². The molecule has 2 aromatic rings. The van der Waals surface area contributed by atoms with E-state index in [9.17, 15) is 22.8 Å². The van der Waals surface area contributed by atoms with Crippen molar-refractivity contribution in [2.75, 3.05) is 6.54 Å². The molecule has 0 bridgehead atoms. The zero-order valence-electron chi connectivity index (χ0n) is 18.1. The Morgan fingerprint density at radius 3 is 2.24 bits per heavy atom. The number of carbonyl (C=O) groups is 3. The molecule has 0 spiro atoms. The lowest BCUT2D eigenvalue weighted by Crippen LogP contribution is -2.30. The van der Waals surface area contributed by atoms with Gasteiger partial charge in [-0.3, -0.25) is 9.59 Å². The molecule has 1 aliphatic rings. The highest BCUT2D eigenvalue weighted by Crippen LogP contribution is 2.21. The summed E-state index contributed by atoms with van der Waals surface area (Å²) in [5, 5.41) is 2.61. The summed E-state index contributed by atoms with van der Waals surface area (Å²) in [6.45, 7) is 2.21. The monoisotopic (exact) mass is 475 g/mol. The normalized spacial score (nSPS) is 14.2. The van der Waals surface area contributed by atoms with Crippen molar-refractivity contribution in [1.82, 2.24) is 15.0 Å². The second-order valence-electron chi connectivity index (χ2n) is 7.43. The number of carbonyl (C=O) groups excluding carboxylic acids is 3. The Labute approximate surface area is 191 Å². The van der Waals surface area contributed by atoms with Crippen LogP contribution in [-0.2, 0) is 14.8 Å².